The van der Waals surface area contributed by atoms with Crippen molar-refractivity contribution in [2.75, 3.05) is 7.11 Å². The number of piperidine rings is 1. The van der Waals surface area contributed by atoms with Gasteiger partial charge >= 0.3 is 5.97 Å². The van der Waals surface area contributed by atoms with Crippen LogP contribution in [0.1, 0.15) is 59.3 Å². The summed E-state index contributed by atoms with van der Waals surface area (Å²) >= 11 is 0. The van der Waals surface area contributed by atoms with E-state index in [9.17, 15) is 4.79 Å². The number of carbonyl (C=O) groups excluding carboxylic acids is 1. The van der Waals surface area contributed by atoms with E-state index in [2.05, 4.69) is 31.2 Å². The monoisotopic (exact) mass is 256 g/mol. The van der Waals surface area contributed by atoms with Gasteiger partial charge in [0.05, 0.1) is 7.11 Å². The zero-order chi connectivity index (χ0) is 13.5. The van der Waals surface area contributed by atoms with E-state index in [1.165, 1.54) is 26.4 Å². The predicted octanol–water partition coefficient (Wildman–Crippen LogP) is 2.49. The molecule has 4 nitrogen and oxygen atoms in total. The number of rotatable bonds is 6. The quantitative estimate of drug-likeness (QED) is 0.741. The minimum absolute atomic E-state index is 0.145. The second-order valence-corrected chi connectivity index (χ2v) is 5.38. The van der Waals surface area contributed by atoms with Crippen molar-refractivity contribution in [3.63, 3.8) is 0 Å². The van der Waals surface area contributed by atoms with Gasteiger partial charge in [0.15, 0.2) is 0 Å². The maximum atomic E-state index is 11.8. The first-order chi connectivity index (χ1) is 8.60. The molecule has 0 radical (unpaired) electrons. The van der Waals surface area contributed by atoms with E-state index in [4.69, 9.17) is 4.74 Å². The molecule has 0 aliphatic carbocycles. The molecule has 0 aromatic rings. The predicted molar refractivity (Wildman–Crippen MR) is 73.1 cm³/mol. The van der Waals surface area contributed by atoms with Crippen LogP contribution in [0.5, 0.6) is 0 Å². The summed E-state index contributed by atoms with van der Waals surface area (Å²) in [4.78, 5) is 11.8. The number of hydrogen-bond acceptors (Lipinski definition) is 4. The minimum atomic E-state index is -0.196. The Balaban J connectivity index is 2.59. The van der Waals surface area contributed by atoms with Crippen LogP contribution >= 0.6 is 0 Å². The number of nitrogens with zero attached hydrogens (tertiary/aromatic N) is 1. The molecule has 1 fully saturated rings. The van der Waals surface area contributed by atoms with Crippen molar-refractivity contribution >= 4 is 5.97 Å². The number of carbonyl (C=O) groups is 1. The molecule has 1 aliphatic rings. The summed E-state index contributed by atoms with van der Waals surface area (Å²) in [5.41, 5.74) is 3.40. The summed E-state index contributed by atoms with van der Waals surface area (Å²) in [6.45, 7) is 6.58. The lowest BCUT2D eigenvalue weighted by molar-refractivity contribution is -0.146. The van der Waals surface area contributed by atoms with E-state index in [0.717, 1.165) is 19.3 Å². The van der Waals surface area contributed by atoms with Crippen LogP contribution < -0.4 is 5.43 Å². The maximum Gasteiger partial charge on any atom is 0.324 e. The summed E-state index contributed by atoms with van der Waals surface area (Å²) in [6.07, 6.45) is 6.65. The number of unbranched alkanes of at least 4 members (excludes halogenated alkanes) is 1. The molecule has 3 atom stereocenters. The van der Waals surface area contributed by atoms with E-state index >= 15 is 0 Å². The number of ether oxygens (including phenoxy) is 1. The average molecular weight is 256 g/mol. The Hall–Kier alpha value is -0.610. The lowest BCUT2D eigenvalue weighted by Gasteiger charge is -2.40. The Kier molecular flexibility index (Phi) is 6.65. The molecule has 3 unspecified atom stereocenters. The third kappa shape index (κ3) is 4.25. The third-order valence-corrected chi connectivity index (χ3v) is 3.83. The maximum absolute atomic E-state index is 11.8. The van der Waals surface area contributed by atoms with Crippen molar-refractivity contribution < 1.29 is 9.53 Å². The van der Waals surface area contributed by atoms with Crippen molar-refractivity contribution in [1.82, 2.24) is 10.4 Å². The Labute approximate surface area is 111 Å². The van der Waals surface area contributed by atoms with Gasteiger partial charge in [-0.15, -0.1) is 0 Å². The van der Waals surface area contributed by atoms with Crippen LogP contribution in [-0.2, 0) is 9.53 Å². The second kappa shape index (κ2) is 7.74. The molecular formula is C14H28N2O2. The Morgan fingerprint density at radius 2 is 2.00 bits per heavy atom. The van der Waals surface area contributed by atoms with Gasteiger partial charge < -0.3 is 4.74 Å². The second-order valence-electron chi connectivity index (χ2n) is 5.38. The third-order valence-electron chi connectivity index (χ3n) is 3.83. The van der Waals surface area contributed by atoms with Crippen molar-refractivity contribution in [2.45, 2.75) is 77.4 Å². The van der Waals surface area contributed by atoms with E-state index in [1.807, 2.05) is 0 Å². The molecule has 1 saturated heterocycles. The Morgan fingerprint density at radius 1 is 1.39 bits per heavy atom. The van der Waals surface area contributed by atoms with Crippen LogP contribution in [0.15, 0.2) is 0 Å². The molecule has 106 valence electrons. The first kappa shape index (κ1) is 15.4. The van der Waals surface area contributed by atoms with Crippen molar-refractivity contribution in [3.8, 4) is 0 Å². The highest BCUT2D eigenvalue weighted by Gasteiger charge is 2.29. The molecular weight excluding hydrogens is 228 g/mol. The summed E-state index contributed by atoms with van der Waals surface area (Å²) in [5, 5.41) is 2.25. The molecule has 1 heterocycles. The molecule has 0 spiro atoms. The number of hydrazine groups is 1. The normalized spacial score (nSPS) is 26.9. The molecule has 4 heteroatoms. The SMILES string of the molecule is CCCCC(NN1C(C)CCCC1C)C(=O)OC. The van der Waals surface area contributed by atoms with Gasteiger partial charge in [-0.3, -0.25) is 4.79 Å². The van der Waals surface area contributed by atoms with E-state index in [0.29, 0.717) is 12.1 Å². The van der Waals surface area contributed by atoms with Gasteiger partial charge in [-0.2, -0.15) is 0 Å². The fourth-order valence-electron chi connectivity index (χ4n) is 2.64. The molecule has 0 aromatic heterocycles. The standard InChI is InChI=1S/C14H28N2O2/c1-5-6-10-13(14(17)18-4)15-16-11(2)8-7-9-12(16)3/h11-13,15H,5-10H2,1-4H3. The van der Waals surface area contributed by atoms with Gasteiger partial charge in [-0.25, -0.2) is 10.4 Å². The summed E-state index contributed by atoms with van der Waals surface area (Å²) in [7, 11) is 1.46. The molecule has 0 bridgehead atoms. The fraction of sp³-hybridized carbons (Fsp3) is 0.929. The number of nitrogens with one attached hydrogen (secondary N) is 1. The number of hydrogen-bond donors (Lipinski definition) is 1. The molecule has 1 rings (SSSR count). The van der Waals surface area contributed by atoms with Crippen molar-refractivity contribution in [3.05, 3.63) is 0 Å². The van der Waals surface area contributed by atoms with Crippen molar-refractivity contribution in [2.24, 2.45) is 0 Å². The smallest absolute Gasteiger partial charge is 0.324 e. The summed E-state index contributed by atoms with van der Waals surface area (Å²) in [6, 6.07) is 0.781. The van der Waals surface area contributed by atoms with Gasteiger partial charge in [-0.1, -0.05) is 26.2 Å². The van der Waals surface area contributed by atoms with Gasteiger partial charge in [0.25, 0.3) is 0 Å². The van der Waals surface area contributed by atoms with Crippen LogP contribution in [0, 0.1) is 0 Å². The van der Waals surface area contributed by atoms with E-state index in [-0.39, 0.29) is 12.0 Å². The fourth-order valence-corrected chi connectivity index (χ4v) is 2.64. The minimum Gasteiger partial charge on any atom is -0.468 e. The van der Waals surface area contributed by atoms with Crippen LogP contribution in [0.4, 0.5) is 0 Å². The first-order valence-corrected chi connectivity index (χ1v) is 7.22. The summed E-state index contributed by atoms with van der Waals surface area (Å²) in [5.74, 6) is -0.145. The highest BCUT2D eigenvalue weighted by Crippen LogP contribution is 2.21. The van der Waals surface area contributed by atoms with E-state index < -0.39 is 0 Å². The Bertz CT molecular complexity index is 248. The van der Waals surface area contributed by atoms with Crippen molar-refractivity contribution in [1.29, 1.82) is 0 Å². The Morgan fingerprint density at radius 3 is 2.50 bits per heavy atom. The largest absolute Gasteiger partial charge is 0.468 e. The zero-order valence-electron chi connectivity index (χ0n) is 12.2. The molecule has 0 aromatic carbocycles. The van der Waals surface area contributed by atoms with Gasteiger partial charge in [0, 0.05) is 12.1 Å². The first-order valence-electron chi connectivity index (χ1n) is 7.22. The van der Waals surface area contributed by atoms with Gasteiger partial charge in [0.1, 0.15) is 6.04 Å². The highest BCUT2D eigenvalue weighted by atomic mass is 16.5. The topological polar surface area (TPSA) is 41.6 Å². The van der Waals surface area contributed by atoms with E-state index in [1.54, 1.807) is 0 Å². The molecule has 1 aliphatic heterocycles. The van der Waals surface area contributed by atoms with Crippen LogP contribution in [-0.4, -0.2) is 36.2 Å². The lowest BCUT2D eigenvalue weighted by Crippen LogP contribution is -2.57. The molecule has 18 heavy (non-hydrogen) atoms. The zero-order valence-corrected chi connectivity index (χ0v) is 12.2. The lowest BCUT2D eigenvalue weighted by atomic mass is 9.99. The van der Waals surface area contributed by atoms with Gasteiger partial charge in [-0.05, 0) is 33.1 Å². The number of methoxy groups -OCH3 is 1. The average Bonchev–Trinajstić information content (AvgIpc) is 2.36. The highest BCUT2D eigenvalue weighted by molar-refractivity contribution is 5.75. The van der Waals surface area contributed by atoms with Gasteiger partial charge in [0.2, 0.25) is 0 Å². The summed E-state index contributed by atoms with van der Waals surface area (Å²) < 4.78 is 4.89. The van der Waals surface area contributed by atoms with Crippen LogP contribution in [0.2, 0.25) is 0 Å². The molecule has 0 saturated carbocycles. The molecule has 1 N–H and O–H groups in total. The van der Waals surface area contributed by atoms with Crippen LogP contribution in [0.3, 0.4) is 0 Å². The number of esters is 1. The van der Waals surface area contributed by atoms with Crippen LogP contribution in [0.25, 0.3) is 0 Å². The molecule has 0 amide bonds.